The van der Waals surface area contributed by atoms with Gasteiger partial charge in [-0.2, -0.15) is 5.26 Å². The lowest BCUT2D eigenvalue weighted by atomic mass is 9.94. The Morgan fingerprint density at radius 3 is 2.30 bits per heavy atom. The zero-order valence-corrected chi connectivity index (χ0v) is 18.2. The van der Waals surface area contributed by atoms with Gasteiger partial charge in [0.15, 0.2) is 0 Å². The van der Waals surface area contributed by atoms with Crippen LogP contribution in [0.25, 0.3) is 11.1 Å². The van der Waals surface area contributed by atoms with Crippen molar-refractivity contribution < 1.29 is 14.3 Å². The molecule has 0 aliphatic rings. The van der Waals surface area contributed by atoms with Crippen LogP contribution < -0.4 is 0 Å². The second-order valence-electron chi connectivity index (χ2n) is 7.65. The molecule has 0 fully saturated rings. The lowest BCUT2D eigenvalue weighted by molar-refractivity contribution is -0.155. The number of hydrogen-bond acceptors (Lipinski definition) is 4. The number of benzene rings is 2. The summed E-state index contributed by atoms with van der Waals surface area (Å²) in [5.41, 5.74) is 3.16. The summed E-state index contributed by atoms with van der Waals surface area (Å²) in [6, 6.07) is 16.7. The van der Waals surface area contributed by atoms with Gasteiger partial charge in [0.2, 0.25) is 5.91 Å². The van der Waals surface area contributed by atoms with Crippen LogP contribution in [-0.4, -0.2) is 29.9 Å². The fourth-order valence-corrected chi connectivity index (χ4v) is 3.61. The normalized spacial score (nSPS) is 11.6. The zero-order valence-electron chi connectivity index (χ0n) is 18.2. The monoisotopic (exact) mass is 406 g/mol. The molecule has 0 bridgehead atoms. The molecule has 2 aromatic carbocycles. The molecule has 0 saturated heterocycles. The number of rotatable bonds is 9. The molecule has 0 unspecified atom stereocenters. The molecule has 1 amide bonds. The number of amides is 1. The van der Waals surface area contributed by atoms with E-state index in [-0.39, 0.29) is 18.4 Å². The van der Waals surface area contributed by atoms with Crippen LogP contribution in [0.3, 0.4) is 0 Å². The zero-order chi connectivity index (χ0) is 22.1. The molecule has 0 radical (unpaired) electrons. The van der Waals surface area contributed by atoms with Crippen molar-refractivity contribution in [3.8, 4) is 17.2 Å². The Kier molecular flexibility index (Phi) is 8.61. The lowest BCUT2D eigenvalue weighted by Crippen LogP contribution is -2.48. The molecule has 0 aromatic heterocycles. The maximum atomic E-state index is 13.1. The van der Waals surface area contributed by atoms with E-state index in [4.69, 9.17) is 4.74 Å². The third-order valence-electron chi connectivity index (χ3n) is 5.17. The molecular weight excluding hydrogens is 376 g/mol. The van der Waals surface area contributed by atoms with Gasteiger partial charge in [0.25, 0.3) is 0 Å². The van der Waals surface area contributed by atoms with E-state index in [1.54, 1.807) is 11.0 Å². The summed E-state index contributed by atoms with van der Waals surface area (Å²) < 4.78 is 5.02. The van der Waals surface area contributed by atoms with Crippen LogP contribution in [0.4, 0.5) is 0 Å². The first kappa shape index (κ1) is 23.2. The van der Waals surface area contributed by atoms with Gasteiger partial charge in [0, 0.05) is 13.0 Å². The fourth-order valence-electron chi connectivity index (χ4n) is 3.61. The summed E-state index contributed by atoms with van der Waals surface area (Å²) >= 11 is 0. The fraction of sp³-hybridized carbons (Fsp3) is 0.400. The van der Waals surface area contributed by atoms with Gasteiger partial charge in [0.05, 0.1) is 18.7 Å². The highest BCUT2D eigenvalue weighted by molar-refractivity contribution is 5.85. The highest BCUT2D eigenvalue weighted by atomic mass is 16.5. The van der Waals surface area contributed by atoms with E-state index in [9.17, 15) is 14.9 Å². The topological polar surface area (TPSA) is 70.4 Å². The Morgan fingerprint density at radius 2 is 1.70 bits per heavy atom. The van der Waals surface area contributed by atoms with Gasteiger partial charge in [-0.05, 0) is 35.1 Å². The van der Waals surface area contributed by atoms with Gasteiger partial charge < -0.3 is 9.64 Å². The molecule has 0 N–H and O–H groups in total. The summed E-state index contributed by atoms with van der Waals surface area (Å²) in [6.07, 6.45) is 2.05. The molecule has 0 saturated carbocycles. The van der Waals surface area contributed by atoms with Crippen LogP contribution >= 0.6 is 0 Å². The highest BCUT2D eigenvalue weighted by Gasteiger charge is 2.33. The van der Waals surface area contributed by atoms with E-state index in [0.29, 0.717) is 12.0 Å². The molecule has 0 aliphatic carbocycles. The summed E-state index contributed by atoms with van der Waals surface area (Å²) in [7, 11) is 1.35. The predicted octanol–water partition coefficient (Wildman–Crippen LogP) is 4.94. The number of unbranched alkanes of at least 4 members (excludes halogenated alkanes) is 1. The quantitative estimate of drug-likeness (QED) is 0.553. The summed E-state index contributed by atoms with van der Waals surface area (Å²) in [5.74, 6) is -0.573. The number of methoxy groups -OCH3 is 1. The number of nitriles is 1. The van der Waals surface area contributed by atoms with Gasteiger partial charge in [0.1, 0.15) is 6.04 Å². The molecule has 0 spiro atoms. The Balaban J connectivity index is 2.52. The summed E-state index contributed by atoms with van der Waals surface area (Å²) in [4.78, 5) is 27.3. The van der Waals surface area contributed by atoms with Crippen LogP contribution in [0.5, 0.6) is 0 Å². The average Bonchev–Trinajstić information content (AvgIpc) is 2.76. The lowest BCUT2D eigenvalue weighted by Gasteiger charge is -2.33. The van der Waals surface area contributed by atoms with Crippen molar-refractivity contribution in [3.63, 3.8) is 0 Å². The maximum Gasteiger partial charge on any atom is 0.328 e. The largest absolute Gasteiger partial charge is 0.467 e. The number of ether oxygens (including phenoxy) is 1. The average molecular weight is 407 g/mol. The summed E-state index contributed by atoms with van der Waals surface area (Å²) in [5, 5.41) is 9.53. The molecule has 0 heterocycles. The second-order valence-corrected chi connectivity index (χ2v) is 7.65. The second kappa shape index (κ2) is 11.2. The van der Waals surface area contributed by atoms with Gasteiger partial charge >= 0.3 is 5.97 Å². The van der Waals surface area contributed by atoms with Gasteiger partial charge in [-0.3, -0.25) is 4.79 Å². The minimum atomic E-state index is -0.668. The molecule has 2 rings (SSSR count). The Hall–Kier alpha value is -3.13. The van der Waals surface area contributed by atoms with E-state index in [2.05, 4.69) is 6.07 Å². The predicted molar refractivity (Wildman–Crippen MR) is 117 cm³/mol. The third kappa shape index (κ3) is 5.48. The summed E-state index contributed by atoms with van der Waals surface area (Å²) in [6.45, 7) is 6.14. The smallest absolute Gasteiger partial charge is 0.328 e. The number of carbonyl (C=O) groups excluding carboxylic acids is 2. The molecule has 5 nitrogen and oxygen atoms in total. The van der Waals surface area contributed by atoms with Crippen LogP contribution in [-0.2, 0) is 20.9 Å². The molecular formula is C25H30N2O3. The first-order valence-corrected chi connectivity index (χ1v) is 10.4. The highest BCUT2D eigenvalue weighted by Crippen LogP contribution is 2.29. The van der Waals surface area contributed by atoms with Crippen molar-refractivity contribution in [3.05, 3.63) is 59.7 Å². The minimum absolute atomic E-state index is 0.0654. The van der Waals surface area contributed by atoms with Crippen LogP contribution in [0.2, 0.25) is 0 Å². The van der Waals surface area contributed by atoms with E-state index < -0.39 is 12.0 Å². The van der Waals surface area contributed by atoms with Crippen molar-refractivity contribution in [2.75, 3.05) is 7.11 Å². The first-order valence-electron chi connectivity index (χ1n) is 10.4. The Morgan fingerprint density at radius 1 is 1.07 bits per heavy atom. The van der Waals surface area contributed by atoms with Crippen LogP contribution in [0.1, 0.15) is 51.2 Å². The maximum absolute atomic E-state index is 13.1. The van der Waals surface area contributed by atoms with E-state index in [1.807, 2.05) is 63.2 Å². The number of esters is 1. The number of nitrogens with zero attached hydrogens (tertiary/aromatic N) is 2. The SMILES string of the molecule is CCCCC(=O)N(Cc1ccccc1-c1ccccc1C#N)[C@H](C(=O)OC)C(C)C. The Bertz CT molecular complexity index is 915. The van der Waals surface area contributed by atoms with Crippen molar-refractivity contribution in [2.45, 2.75) is 52.6 Å². The Labute approximate surface area is 179 Å². The first-order chi connectivity index (χ1) is 14.4. The van der Waals surface area contributed by atoms with Crippen LogP contribution in [0.15, 0.2) is 48.5 Å². The van der Waals surface area contributed by atoms with Crippen LogP contribution in [0, 0.1) is 17.2 Å². The van der Waals surface area contributed by atoms with E-state index >= 15 is 0 Å². The van der Waals surface area contributed by atoms with Gasteiger partial charge in [-0.15, -0.1) is 0 Å². The van der Waals surface area contributed by atoms with Crippen molar-refractivity contribution >= 4 is 11.9 Å². The van der Waals surface area contributed by atoms with Crippen molar-refractivity contribution in [1.29, 1.82) is 5.26 Å². The molecule has 5 heteroatoms. The van der Waals surface area contributed by atoms with Crippen molar-refractivity contribution in [1.82, 2.24) is 4.90 Å². The van der Waals surface area contributed by atoms with Gasteiger partial charge in [-0.25, -0.2) is 4.79 Å². The molecule has 0 aliphatic heterocycles. The third-order valence-corrected chi connectivity index (χ3v) is 5.17. The number of hydrogen-bond donors (Lipinski definition) is 0. The molecule has 30 heavy (non-hydrogen) atoms. The van der Waals surface area contributed by atoms with Gasteiger partial charge in [-0.1, -0.05) is 69.7 Å². The molecule has 158 valence electrons. The molecule has 2 aromatic rings. The minimum Gasteiger partial charge on any atom is -0.467 e. The van der Waals surface area contributed by atoms with E-state index in [1.165, 1.54) is 7.11 Å². The standard InChI is InChI=1S/C25H30N2O3/c1-5-6-15-23(28)27(24(18(2)3)25(29)30-4)17-20-12-8-10-14-22(20)21-13-9-7-11-19(21)16-26/h7-14,18,24H,5-6,15,17H2,1-4H3/t24-/m0/s1. The van der Waals surface area contributed by atoms with E-state index in [0.717, 1.165) is 29.5 Å². The van der Waals surface area contributed by atoms with Crippen molar-refractivity contribution in [2.24, 2.45) is 5.92 Å². The molecule has 1 atom stereocenters. The number of carbonyl (C=O) groups is 2.